The first-order valence-electron chi connectivity index (χ1n) is 3.73. The van der Waals surface area contributed by atoms with Crippen molar-refractivity contribution < 1.29 is 0 Å². The predicted octanol–water partition coefficient (Wildman–Crippen LogP) is 1.30. The van der Waals surface area contributed by atoms with Gasteiger partial charge < -0.3 is 0 Å². The number of hydrogen-bond donors (Lipinski definition) is 0. The van der Waals surface area contributed by atoms with E-state index >= 15 is 0 Å². The van der Waals surface area contributed by atoms with Crippen LogP contribution in [0.2, 0.25) is 0 Å². The van der Waals surface area contributed by atoms with E-state index in [1.165, 1.54) is 12.4 Å². The lowest BCUT2D eigenvalue weighted by Crippen LogP contribution is -1.99. The summed E-state index contributed by atoms with van der Waals surface area (Å²) >= 11 is 3.23. The van der Waals surface area contributed by atoms with Gasteiger partial charge in [0.25, 0.3) is 0 Å². The molecule has 0 saturated heterocycles. The van der Waals surface area contributed by atoms with Crippen LogP contribution < -0.4 is 0 Å². The topological polar surface area (TPSA) is 67.4 Å². The zero-order chi connectivity index (χ0) is 9.97. The van der Waals surface area contributed by atoms with E-state index in [4.69, 9.17) is 5.26 Å². The molecule has 0 aliphatic rings. The average molecular weight is 250 g/mol. The SMILES string of the molecule is N#Cc1cnc(-n2ccc(Br)n2)cn1. The first-order valence-corrected chi connectivity index (χ1v) is 4.52. The average Bonchev–Trinajstić information content (AvgIpc) is 2.65. The Morgan fingerprint density at radius 3 is 2.71 bits per heavy atom. The second-order valence-electron chi connectivity index (χ2n) is 2.45. The first kappa shape index (κ1) is 8.84. The summed E-state index contributed by atoms with van der Waals surface area (Å²) in [6.45, 7) is 0. The van der Waals surface area contributed by atoms with Crippen LogP contribution in [-0.2, 0) is 0 Å². The summed E-state index contributed by atoms with van der Waals surface area (Å²) in [5, 5.41) is 12.6. The van der Waals surface area contributed by atoms with Gasteiger partial charge in [0.2, 0.25) is 0 Å². The summed E-state index contributed by atoms with van der Waals surface area (Å²) in [7, 11) is 0. The van der Waals surface area contributed by atoms with Gasteiger partial charge in [0, 0.05) is 6.20 Å². The maximum Gasteiger partial charge on any atom is 0.171 e. The number of nitriles is 1. The van der Waals surface area contributed by atoms with Gasteiger partial charge in [-0.05, 0) is 22.0 Å². The van der Waals surface area contributed by atoms with Gasteiger partial charge in [-0.1, -0.05) is 0 Å². The van der Waals surface area contributed by atoms with E-state index in [2.05, 4.69) is 31.0 Å². The molecule has 0 aliphatic carbocycles. The Morgan fingerprint density at radius 2 is 2.21 bits per heavy atom. The minimum absolute atomic E-state index is 0.292. The van der Waals surface area contributed by atoms with Crippen molar-refractivity contribution >= 4 is 15.9 Å². The summed E-state index contributed by atoms with van der Waals surface area (Å²) in [5.74, 6) is 0.578. The van der Waals surface area contributed by atoms with Gasteiger partial charge in [0.15, 0.2) is 11.5 Å². The minimum Gasteiger partial charge on any atom is -0.240 e. The van der Waals surface area contributed by atoms with Gasteiger partial charge in [0.05, 0.1) is 12.4 Å². The lowest BCUT2D eigenvalue weighted by Gasteiger charge is -1.97. The smallest absolute Gasteiger partial charge is 0.171 e. The van der Waals surface area contributed by atoms with E-state index in [1.54, 1.807) is 16.9 Å². The first-order chi connectivity index (χ1) is 6.79. The highest BCUT2D eigenvalue weighted by atomic mass is 79.9. The van der Waals surface area contributed by atoms with Gasteiger partial charge in [-0.2, -0.15) is 10.4 Å². The van der Waals surface area contributed by atoms with E-state index in [0.29, 0.717) is 11.5 Å². The van der Waals surface area contributed by atoms with Crippen LogP contribution in [0, 0.1) is 11.3 Å². The van der Waals surface area contributed by atoms with E-state index in [9.17, 15) is 0 Å². The molecule has 6 heteroatoms. The molecule has 0 radical (unpaired) electrons. The molecule has 0 fully saturated rings. The Hall–Kier alpha value is -1.74. The fourth-order valence-corrected chi connectivity index (χ4v) is 1.22. The normalized spacial score (nSPS) is 9.71. The van der Waals surface area contributed by atoms with Crippen LogP contribution in [0.15, 0.2) is 29.3 Å². The van der Waals surface area contributed by atoms with E-state index in [0.717, 1.165) is 4.60 Å². The Balaban J connectivity index is 2.39. The molecule has 0 aliphatic heterocycles. The number of hydrogen-bond acceptors (Lipinski definition) is 4. The van der Waals surface area contributed by atoms with Crippen molar-refractivity contribution in [3.63, 3.8) is 0 Å². The quantitative estimate of drug-likeness (QED) is 0.764. The number of halogens is 1. The Kier molecular flexibility index (Phi) is 2.24. The highest BCUT2D eigenvalue weighted by Crippen LogP contribution is 2.07. The summed E-state index contributed by atoms with van der Waals surface area (Å²) in [6.07, 6.45) is 4.66. The van der Waals surface area contributed by atoms with Crippen molar-refractivity contribution in [1.82, 2.24) is 19.7 Å². The molecule has 5 nitrogen and oxygen atoms in total. The predicted molar refractivity (Wildman–Crippen MR) is 51.6 cm³/mol. The molecular weight excluding hydrogens is 246 g/mol. The maximum atomic E-state index is 8.52. The highest BCUT2D eigenvalue weighted by Gasteiger charge is 2.00. The molecule has 0 N–H and O–H groups in total. The van der Waals surface area contributed by atoms with E-state index in [-0.39, 0.29) is 0 Å². The second-order valence-corrected chi connectivity index (χ2v) is 3.27. The van der Waals surface area contributed by atoms with Crippen molar-refractivity contribution in [2.24, 2.45) is 0 Å². The van der Waals surface area contributed by atoms with Crippen LogP contribution in [-0.4, -0.2) is 19.7 Å². The van der Waals surface area contributed by atoms with Gasteiger partial charge in [-0.3, -0.25) is 0 Å². The van der Waals surface area contributed by atoms with Crippen molar-refractivity contribution in [1.29, 1.82) is 5.26 Å². The zero-order valence-corrected chi connectivity index (χ0v) is 8.51. The molecule has 2 aromatic rings. The summed E-state index contributed by atoms with van der Waals surface area (Å²) in [5.41, 5.74) is 0.292. The lowest BCUT2D eigenvalue weighted by molar-refractivity contribution is 0.828. The molecule has 0 unspecified atom stereocenters. The molecule has 68 valence electrons. The van der Waals surface area contributed by atoms with Gasteiger partial charge >= 0.3 is 0 Å². The molecule has 14 heavy (non-hydrogen) atoms. The molecule has 2 rings (SSSR count). The highest BCUT2D eigenvalue weighted by molar-refractivity contribution is 9.10. The molecular formula is C8H4BrN5. The zero-order valence-electron chi connectivity index (χ0n) is 6.92. The fourth-order valence-electron chi connectivity index (χ4n) is 0.927. The van der Waals surface area contributed by atoms with Gasteiger partial charge in [-0.25, -0.2) is 14.6 Å². The van der Waals surface area contributed by atoms with Gasteiger partial charge in [0.1, 0.15) is 10.7 Å². The molecule has 2 heterocycles. The van der Waals surface area contributed by atoms with Crippen LogP contribution in [0.4, 0.5) is 0 Å². The van der Waals surface area contributed by atoms with E-state index in [1.807, 2.05) is 6.07 Å². The summed E-state index contributed by atoms with van der Waals surface area (Å²) < 4.78 is 2.29. The Labute approximate surface area is 88.2 Å². The van der Waals surface area contributed by atoms with Crippen LogP contribution in [0.25, 0.3) is 5.82 Å². The largest absolute Gasteiger partial charge is 0.240 e. The van der Waals surface area contributed by atoms with Crippen LogP contribution in [0.5, 0.6) is 0 Å². The maximum absolute atomic E-state index is 8.52. The third kappa shape index (κ3) is 1.63. The Morgan fingerprint density at radius 1 is 1.36 bits per heavy atom. The molecule has 0 aromatic carbocycles. The number of aromatic nitrogens is 4. The van der Waals surface area contributed by atoms with Crippen molar-refractivity contribution in [2.75, 3.05) is 0 Å². The molecule has 0 spiro atoms. The summed E-state index contributed by atoms with van der Waals surface area (Å²) in [4.78, 5) is 7.91. The van der Waals surface area contributed by atoms with Crippen LogP contribution >= 0.6 is 15.9 Å². The monoisotopic (exact) mass is 249 g/mol. The standard InChI is InChI=1S/C8H4BrN5/c9-7-1-2-14(13-7)8-5-11-6(3-10)4-12-8/h1-2,4-5H. The molecule has 0 atom stereocenters. The van der Waals surface area contributed by atoms with Crippen molar-refractivity contribution in [2.45, 2.75) is 0 Å². The molecule has 0 saturated carbocycles. The third-order valence-electron chi connectivity index (χ3n) is 1.54. The van der Waals surface area contributed by atoms with Crippen LogP contribution in [0.1, 0.15) is 5.69 Å². The Bertz CT molecular complexity index is 481. The molecule has 0 bridgehead atoms. The molecule has 2 aromatic heterocycles. The third-order valence-corrected chi connectivity index (χ3v) is 1.97. The molecule has 0 amide bonds. The fraction of sp³-hybridized carbons (Fsp3) is 0. The summed E-state index contributed by atoms with van der Waals surface area (Å²) in [6, 6.07) is 3.69. The van der Waals surface area contributed by atoms with Gasteiger partial charge in [-0.15, -0.1) is 0 Å². The van der Waals surface area contributed by atoms with Crippen LogP contribution in [0.3, 0.4) is 0 Å². The minimum atomic E-state index is 0.292. The van der Waals surface area contributed by atoms with E-state index < -0.39 is 0 Å². The number of rotatable bonds is 1. The van der Waals surface area contributed by atoms with Crippen molar-refractivity contribution in [3.8, 4) is 11.9 Å². The second kappa shape index (κ2) is 3.55. The lowest BCUT2D eigenvalue weighted by atomic mass is 10.5. The van der Waals surface area contributed by atoms with Crippen molar-refractivity contribution in [3.05, 3.63) is 35.0 Å². The number of nitrogens with zero attached hydrogens (tertiary/aromatic N) is 5.